The van der Waals surface area contributed by atoms with Crippen molar-refractivity contribution in [3.05, 3.63) is 60.8 Å². The van der Waals surface area contributed by atoms with Crippen molar-refractivity contribution in [2.75, 3.05) is 13.2 Å². The lowest BCUT2D eigenvalue weighted by Gasteiger charge is -2.18. The van der Waals surface area contributed by atoms with Gasteiger partial charge in [0.1, 0.15) is 13.2 Å². The van der Waals surface area contributed by atoms with Crippen molar-refractivity contribution in [3.63, 3.8) is 0 Å². The standard InChI is InChI=1S/C63H112O6/c1-4-7-10-13-16-19-22-25-28-30-32-35-38-41-44-47-50-53-56-62(65)68-59-60(58-67-61(64)55-52-49-46-43-40-37-34-27-24-21-18-15-12-9-6-3)69-63(66)57-54-51-48-45-42-39-36-33-31-29-26-23-20-17-14-11-8-5-2/h16,19,22,25,28,30,32-33,35-36,60H,4-15,17-18,20-21,23-24,26-27,29,31,34,37-59H2,1-3H3/b19-16-,25-22-,30-28-,35-32-,36-33-. The molecule has 0 aliphatic rings. The Morgan fingerprint density at radius 1 is 0.290 bits per heavy atom. The van der Waals surface area contributed by atoms with Crippen LogP contribution in [0.15, 0.2) is 60.8 Å². The highest BCUT2D eigenvalue weighted by molar-refractivity contribution is 5.71. The Balaban J connectivity index is 4.42. The van der Waals surface area contributed by atoms with Gasteiger partial charge in [-0.2, -0.15) is 0 Å². The Labute approximate surface area is 428 Å². The van der Waals surface area contributed by atoms with Gasteiger partial charge < -0.3 is 14.2 Å². The molecule has 1 unspecified atom stereocenters. The second-order valence-corrected chi connectivity index (χ2v) is 20.0. The maximum absolute atomic E-state index is 12.9. The number of unbranched alkanes of at least 4 members (excludes halogenated alkanes) is 36. The summed E-state index contributed by atoms with van der Waals surface area (Å²) < 4.78 is 16.9. The molecule has 0 aliphatic heterocycles. The molecule has 0 N–H and O–H groups in total. The van der Waals surface area contributed by atoms with Crippen LogP contribution in [0.1, 0.15) is 303 Å². The van der Waals surface area contributed by atoms with E-state index in [0.717, 1.165) is 96.3 Å². The zero-order valence-corrected chi connectivity index (χ0v) is 45.8. The third-order valence-electron chi connectivity index (χ3n) is 13.1. The molecule has 1 atom stereocenters. The number of rotatable bonds is 54. The Morgan fingerprint density at radius 2 is 0.536 bits per heavy atom. The van der Waals surface area contributed by atoms with E-state index < -0.39 is 6.10 Å². The molecule has 0 saturated heterocycles. The van der Waals surface area contributed by atoms with Crippen molar-refractivity contribution in [2.45, 2.75) is 309 Å². The zero-order valence-electron chi connectivity index (χ0n) is 45.8. The van der Waals surface area contributed by atoms with E-state index in [-0.39, 0.29) is 31.1 Å². The van der Waals surface area contributed by atoms with Crippen LogP contribution < -0.4 is 0 Å². The monoisotopic (exact) mass is 965 g/mol. The van der Waals surface area contributed by atoms with Gasteiger partial charge >= 0.3 is 17.9 Å². The number of hydrogen-bond donors (Lipinski definition) is 0. The van der Waals surface area contributed by atoms with Gasteiger partial charge in [-0.15, -0.1) is 0 Å². The largest absolute Gasteiger partial charge is 0.462 e. The maximum atomic E-state index is 12.9. The van der Waals surface area contributed by atoms with Crippen LogP contribution >= 0.6 is 0 Å². The van der Waals surface area contributed by atoms with E-state index in [4.69, 9.17) is 14.2 Å². The quantitative estimate of drug-likeness (QED) is 0.0199. The second-order valence-electron chi connectivity index (χ2n) is 20.0. The molecular weight excluding hydrogens is 853 g/mol. The minimum atomic E-state index is -0.787. The predicted molar refractivity (Wildman–Crippen MR) is 298 cm³/mol. The molecule has 0 amide bonds. The molecule has 0 aromatic rings. The third-order valence-corrected chi connectivity index (χ3v) is 13.1. The smallest absolute Gasteiger partial charge is 0.306 e. The molecule has 0 bridgehead atoms. The number of esters is 3. The summed E-state index contributed by atoms with van der Waals surface area (Å²) in [6, 6.07) is 0. The molecule has 0 spiro atoms. The lowest BCUT2D eigenvalue weighted by molar-refractivity contribution is -0.167. The van der Waals surface area contributed by atoms with E-state index >= 15 is 0 Å². The van der Waals surface area contributed by atoms with Crippen LogP contribution in [0.2, 0.25) is 0 Å². The summed E-state index contributed by atoms with van der Waals surface area (Å²) in [7, 11) is 0. The Morgan fingerprint density at radius 3 is 0.884 bits per heavy atom. The van der Waals surface area contributed by atoms with Gasteiger partial charge in [0.2, 0.25) is 0 Å². The highest BCUT2D eigenvalue weighted by Gasteiger charge is 2.19. The Kier molecular flexibility index (Phi) is 55.3. The van der Waals surface area contributed by atoms with Gasteiger partial charge in [0, 0.05) is 19.3 Å². The van der Waals surface area contributed by atoms with Crippen LogP contribution in [0, 0.1) is 0 Å². The Bertz CT molecular complexity index is 1250. The number of carbonyl (C=O) groups is 3. The van der Waals surface area contributed by atoms with Crippen molar-refractivity contribution < 1.29 is 28.6 Å². The lowest BCUT2D eigenvalue weighted by atomic mass is 10.0. The van der Waals surface area contributed by atoms with Crippen LogP contribution in [-0.2, 0) is 28.6 Å². The number of allylic oxidation sites excluding steroid dienone is 10. The fraction of sp³-hybridized carbons (Fsp3) is 0.794. The van der Waals surface area contributed by atoms with Crippen molar-refractivity contribution in [3.8, 4) is 0 Å². The van der Waals surface area contributed by atoms with Gasteiger partial charge in [-0.25, -0.2) is 0 Å². The maximum Gasteiger partial charge on any atom is 0.306 e. The first-order valence-corrected chi connectivity index (χ1v) is 29.8. The first-order chi connectivity index (χ1) is 34.0. The van der Waals surface area contributed by atoms with Crippen molar-refractivity contribution in [2.24, 2.45) is 0 Å². The topological polar surface area (TPSA) is 78.9 Å². The summed E-state index contributed by atoms with van der Waals surface area (Å²) in [6.07, 6.45) is 72.0. The van der Waals surface area contributed by atoms with E-state index in [1.165, 1.54) is 167 Å². The van der Waals surface area contributed by atoms with Gasteiger partial charge in [0.25, 0.3) is 0 Å². The van der Waals surface area contributed by atoms with E-state index in [1.54, 1.807) is 0 Å². The van der Waals surface area contributed by atoms with Crippen LogP contribution in [0.3, 0.4) is 0 Å². The van der Waals surface area contributed by atoms with E-state index in [1.807, 2.05) is 0 Å². The molecule has 6 nitrogen and oxygen atoms in total. The van der Waals surface area contributed by atoms with Gasteiger partial charge in [0.05, 0.1) is 0 Å². The van der Waals surface area contributed by atoms with E-state index in [9.17, 15) is 14.4 Å². The molecule has 0 saturated carbocycles. The summed E-state index contributed by atoms with van der Waals surface area (Å²) in [4.78, 5) is 38.2. The lowest BCUT2D eigenvalue weighted by Crippen LogP contribution is -2.30. The van der Waals surface area contributed by atoms with Crippen molar-refractivity contribution in [1.29, 1.82) is 0 Å². The average molecular weight is 966 g/mol. The number of ether oxygens (including phenoxy) is 3. The summed E-state index contributed by atoms with van der Waals surface area (Å²) in [5.74, 6) is -0.900. The summed E-state index contributed by atoms with van der Waals surface area (Å²) in [5, 5.41) is 0. The molecule has 0 rings (SSSR count). The van der Waals surface area contributed by atoms with Crippen LogP contribution in [-0.4, -0.2) is 37.2 Å². The molecule has 0 radical (unpaired) electrons. The van der Waals surface area contributed by atoms with Gasteiger partial charge in [-0.05, 0) is 70.6 Å². The van der Waals surface area contributed by atoms with Crippen molar-refractivity contribution >= 4 is 17.9 Å². The summed E-state index contributed by atoms with van der Waals surface area (Å²) >= 11 is 0. The fourth-order valence-electron chi connectivity index (χ4n) is 8.57. The SMILES string of the molecule is CCCCC\C=C/C=C\C=C/C=C\CCCCCCCC(=O)OCC(COC(=O)CCCCCCCCCCCCCCCCC)OC(=O)CCCCCCC/C=C\CCCCCCCCCCC. The summed E-state index contributed by atoms with van der Waals surface area (Å²) in [5.41, 5.74) is 0. The van der Waals surface area contributed by atoms with Crippen LogP contribution in [0.4, 0.5) is 0 Å². The average Bonchev–Trinajstić information content (AvgIpc) is 3.35. The number of carbonyl (C=O) groups excluding carboxylic acids is 3. The molecule has 0 aliphatic carbocycles. The molecular formula is C63H112O6. The minimum Gasteiger partial charge on any atom is -0.462 e. The first-order valence-electron chi connectivity index (χ1n) is 29.8. The minimum absolute atomic E-state index is 0.0826. The zero-order chi connectivity index (χ0) is 50.0. The first kappa shape index (κ1) is 66.1. The van der Waals surface area contributed by atoms with Gasteiger partial charge in [-0.3, -0.25) is 14.4 Å². The molecule has 0 aromatic carbocycles. The highest BCUT2D eigenvalue weighted by atomic mass is 16.6. The van der Waals surface area contributed by atoms with Gasteiger partial charge in [-0.1, -0.05) is 274 Å². The van der Waals surface area contributed by atoms with Crippen LogP contribution in [0.5, 0.6) is 0 Å². The normalized spacial score (nSPS) is 12.4. The molecule has 0 heterocycles. The third kappa shape index (κ3) is 55.9. The Hall–Kier alpha value is -2.89. The van der Waals surface area contributed by atoms with Crippen LogP contribution in [0.25, 0.3) is 0 Å². The fourth-order valence-corrected chi connectivity index (χ4v) is 8.57. The predicted octanol–water partition coefficient (Wildman–Crippen LogP) is 20.0. The van der Waals surface area contributed by atoms with E-state index in [2.05, 4.69) is 81.5 Å². The molecule has 0 aromatic heterocycles. The number of hydrogen-bond acceptors (Lipinski definition) is 6. The van der Waals surface area contributed by atoms with Gasteiger partial charge in [0.15, 0.2) is 6.10 Å². The highest BCUT2D eigenvalue weighted by Crippen LogP contribution is 2.16. The molecule has 400 valence electrons. The molecule has 6 heteroatoms. The second kappa shape index (κ2) is 57.7. The van der Waals surface area contributed by atoms with Crippen molar-refractivity contribution in [1.82, 2.24) is 0 Å². The molecule has 69 heavy (non-hydrogen) atoms. The summed E-state index contributed by atoms with van der Waals surface area (Å²) in [6.45, 7) is 6.61. The molecule has 0 fully saturated rings. The van der Waals surface area contributed by atoms with E-state index in [0.29, 0.717) is 19.3 Å².